The van der Waals surface area contributed by atoms with Gasteiger partial charge in [-0.25, -0.2) is 9.18 Å². The first-order valence-corrected chi connectivity index (χ1v) is 11.6. The molecule has 1 amide bonds. The Kier molecular flexibility index (Phi) is 6.59. The number of allylic oxidation sites excluding steroid dienone is 1. The minimum absolute atomic E-state index is 0.0440. The fourth-order valence-electron chi connectivity index (χ4n) is 4.10. The molecule has 182 valence electrons. The first-order valence-electron chi connectivity index (χ1n) is 10.8. The molecule has 0 spiro atoms. The summed E-state index contributed by atoms with van der Waals surface area (Å²) in [5.41, 5.74) is 7.69. The Bertz CT molecular complexity index is 1680. The molecule has 1 aliphatic heterocycles. The first-order chi connectivity index (χ1) is 17.2. The predicted molar refractivity (Wildman–Crippen MR) is 134 cm³/mol. The number of carbonyl (C=O) groups excluding carboxylic acids is 2. The van der Waals surface area contributed by atoms with Crippen LogP contribution >= 0.6 is 11.3 Å². The van der Waals surface area contributed by atoms with E-state index in [1.165, 1.54) is 18.2 Å². The van der Waals surface area contributed by atoms with Gasteiger partial charge in [0.25, 0.3) is 11.5 Å². The number of amides is 1. The summed E-state index contributed by atoms with van der Waals surface area (Å²) in [4.78, 5) is 38.8. The van der Waals surface area contributed by atoms with Crippen LogP contribution in [-0.2, 0) is 14.3 Å². The highest BCUT2D eigenvalue weighted by Crippen LogP contribution is 2.37. The maximum atomic E-state index is 15.0. The van der Waals surface area contributed by atoms with Gasteiger partial charge in [-0.1, -0.05) is 35.9 Å². The number of nitrogens with one attached hydrogen (secondary N) is 1. The summed E-state index contributed by atoms with van der Waals surface area (Å²) in [6.45, 7) is 3.74. The van der Waals surface area contributed by atoms with E-state index in [1.807, 2.05) is 32.0 Å². The number of nitrogens with zero attached hydrogens (tertiary/aromatic N) is 2. The number of esters is 1. The van der Waals surface area contributed by atoms with Crippen molar-refractivity contribution in [2.24, 2.45) is 5.73 Å². The zero-order valence-corrected chi connectivity index (χ0v) is 20.4. The second kappa shape index (κ2) is 9.64. The molecule has 1 atom stereocenters. The Balaban J connectivity index is 2.07. The number of hydrogen-bond acceptors (Lipinski definition) is 7. The van der Waals surface area contributed by atoms with Crippen molar-refractivity contribution >= 4 is 46.4 Å². The van der Waals surface area contributed by atoms with Crippen molar-refractivity contribution in [1.82, 2.24) is 4.57 Å². The number of benzene rings is 2. The molecular formula is C26H21FN4O4S. The number of nitrogens with two attached hydrogens (primary N) is 1. The number of carbonyl (C=O) groups is 2. The van der Waals surface area contributed by atoms with Crippen LogP contribution in [0.15, 0.2) is 52.8 Å². The van der Waals surface area contributed by atoms with Crippen LogP contribution in [0.2, 0.25) is 0 Å². The number of hydrogen-bond donors (Lipinski definition) is 2. The molecule has 1 aromatic heterocycles. The fourth-order valence-corrected chi connectivity index (χ4v) is 5.23. The van der Waals surface area contributed by atoms with Crippen LogP contribution in [-0.4, -0.2) is 23.6 Å². The molecule has 36 heavy (non-hydrogen) atoms. The van der Waals surface area contributed by atoms with Crippen LogP contribution in [0.1, 0.15) is 22.6 Å². The van der Waals surface area contributed by atoms with E-state index < -0.39 is 29.2 Å². The Morgan fingerprint density at radius 3 is 2.61 bits per heavy atom. The van der Waals surface area contributed by atoms with E-state index >= 15 is 4.39 Å². The van der Waals surface area contributed by atoms with Crippen LogP contribution in [0, 0.1) is 31.0 Å². The molecule has 3 N–H and O–H groups in total. The Hall–Kier alpha value is -4.49. The summed E-state index contributed by atoms with van der Waals surface area (Å²) in [5, 5.41) is 12.8. The topological polar surface area (TPSA) is 127 Å². The minimum atomic E-state index is -1.19. The van der Waals surface area contributed by atoms with Gasteiger partial charge >= 0.3 is 5.97 Å². The van der Waals surface area contributed by atoms with Gasteiger partial charge in [-0.3, -0.25) is 14.2 Å². The average Bonchev–Trinajstić information content (AvgIpc) is 3.16. The molecule has 1 aliphatic rings. The SMILES string of the molecule is COC(=O)C=c1sc2n(c1=O)C(N)=C(C#N)C(c1ccccc1F)C=2C(=O)Nc1ccc(C)cc1C. The third-order valence-electron chi connectivity index (χ3n) is 5.81. The van der Waals surface area contributed by atoms with E-state index in [9.17, 15) is 19.6 Å². The molecule has 3 aromatic rings. The Labute approximate surface area is 209 Å². The number of halogens is 1. The molecule has 0 bridgehead atoms. The van der Waals surface area contributed by atoms with Crippen molar-refractivity contribution in [2.75, 3.05) is 12.4 Å². The highest BCUT2D eigenvalue weighted by atomic mass is 32.1. The Morgan fingerprint density at radius 1 is 1.25 bits per heavy atom. The fraction of sp³-hybridized carbons (Fsp3) is 0.154. The van der Waals surface area contributed by atoms with Crippen LogP contribution in [0.3, 0.4) is 0 Å². The second-order valence-corrected chi connectivity index (χ2v) is 9.16. The predicted octanol–water partition coefficient (Wildman–Crippen LogP) is 1.86. The summed E-state index contributed by atoms with van der Waals surface area (Å²) >= 11 is 0.830. The van der Waals surface area contributed by atoms with Gasteiger partial charge in [0.1, 0.15) is 20.8 Å². The van der Waals surface area contributed by atoms with Crippen molar-refractivity contribution < 1.29 is 18.7 Å². The van der Waals surface area contributed by atoms with Gasteiger partial charge in [-0.15, -0.1) is 11.3 Å². The lowest BCUT2D eigenvalue weighted by Crippen LogP contribution is -2.41. The van der Waals surface area contributed by atoms with Crippen molar-refractivity contribution in [3.63, 3.8) is 0 Å². The quantitative estimate of drug-likeness (QED) is 0.522. The molecule has 10 heteroatoms. The molecule has 0 aliphatic carbocycles. The van der Waals surface area contributed by atoms with E-state index in [1.54, 1.807) is 12.1 Å². The third-order valence-corrected chi connectivity index (χ3v) is 6.92. The number of anilines is 1. The minimum Gasteiger partial charge on any atom is -0.466 e. The van der Waals surface area contributed by atoms with Gasteiger partial charge in [0.15, 0.2) is 0 Å². The number of thiazole rings is 1. The van der Waals surface area contributed by atoms with Crippen molar-refractivity contribution in [3.8, 4) is 6.07 Å². The summed E-state index contributed by atoms with van der Waals surface area (Å²) in [7, 11) is 1.16. The monoisotopic (exact) mass is 504 g/mol. The van der Waals surface area contributed by atoms with E-state index in [4.69, 9.17) is 5.73 Å². The molecule has 0 saturated heterocycles. The lowest BCUT2D eigenvalue weighted by atomic mass is 9.83. The Morgan fingerprint density at radius 2 is 1.97 bits per heavy atom. The highest BCUT2D eigenvalue weighted by Gasteiger charge is 2.37. The van der Waals surface area contributed by atoms with E-state index in [0.29, 0.717) is 5.69 Å². The maximum absolute atomic E-state index is 15.0. The van der Waals surface area contributed by atoms with E-state index in [0.717, 1.165) is 40.2 Å². The first kappa shape index (κ1) is 24.6. The largest absolute Gasteiger partial charge is 0.466 e. The van der Waals surface area contributed by atoms with Gasteiger partial charge in [0, 0.05) is 17.3 Å². The highest BCUT2D eigenvalue weighted by molar-refractivity contribution is 7.07. The molecule has 8 nitrogen and oxygen atoms in total. The molecule has 0 radical (unpaired) electrons. The number of fused-ring (bicyclic) bond motifs is 1. The van der Waals surface area contributed by atoms with Gasteiger partial charge in [-0.05, 0) is 31.5 Å². The summed E-state index contributed by atoms with van der Waals surface area (Å²) in [5.74, 6) is -3.49. The lowest BCUT2D eigenvalue weighted by molar-refractivity contribution is -0.133. The molecule has 2 aromatic carbocycles. The number of ether oxygens (including phenoxy) is 1. The summed E-state index contributed by atoms with van der Waals surface area (Å²) < 4.78 is 20.7. The second-order valence-electron chi connectivity index (χ2n) is 8.13. The van der Waals surface area contributed by atoms with E-state index in [-0.39, 0.29) is 31.7 Å². The number of methoxy groups -OCH3 is 1. The van der Waals surface area contributed by atoms with Crippen molar-refractivity contribution in [3.05, 3.63) is 90.1 Å². The zero-order valence-electron chi connectivity index (χ0n) is 19.6. The van der Waals surface area contributed by atoms with E-state index in [2.05, 4.69) is 10.1 Å². The maximum Gasteiger partial charge on any atom is 0.332 e. The lowest BCUT2D eigenvalue weighted by Gasteiger charge is -2.25. The molecule has 4 rings (SSSR count). The smallest absolute Gasteiger partial charge is 0.332 e. The average molecular weight is 505 g/mol. The van der Waals surface area contributed by atoms with Crippen LogP contribution in [0.5, 0.6) is 0 Å². The van der Waals surface area contributed by atoms with Gasteiger partial charge in [0.05, 0.1) is 30.2 Å². The number of aryl methyl sites for hydroxylation is 2. The molecule has 0 fully saturated rings. The van der Waals surface area contributed by atoms with Gasteiger partial charge in [0.2, 0.25) is 0 Å². The third kappa shape index (κ3) is 4.21. The van der Waals surface area contributed by atoms with Crippen LogP contribution in [0.25, 0.3) is 17.5 Å². The normalized spacial score (nSPS) is 15.4. The van der Waals surface area contributed by atoms with Crippen molar-refractivity contribution in [2.45, 2.75) is 19.8 Å². The standard InChI is InChI=1S/C26H21FN4O4S/c1-13-8-9-18(14(2)10-13)30-24(33)22-21(15-6-4-5-7-17(15)27)16(12-28)23(29)31-25(34)19(36-26(22)31)11-20(32)35-3/h4-11,21H,29H2,1-3H3,(H,30,33). The summed E-state index contributed by atoms with van der Waals surface area (Å²) in [6.07, 6.45) is 0.982. The summed E-state index contributed by atoms with van der Waals surface area (Å²) in [6, 6.07) is 13.1. The zero-order chi connectivity index (χ0) is 26.1. The van der Waals surface area contributed by atoms with Crippen LogP contribution in [0.4, 0.5) is 10.1 Å². The van der Waals surface area contributed by atoms with Gasteiger partial charge < -0.3 is 15.8 Å². The molecule has 1 unspecified atom stereocenters. The van der Waals surface area contributed by atoms with Crippen molar-refractivity contribution in [1.29, 1.82) is 5.26 Å². The van der Waals surface area contributed by atoms with Gasteiger partial charge in [-0.2, -0.15) is 5.26 Å². The van der Waals surface area contributed by atoms with Crippen LogP contribution < -0.4 is 25.8 Å². The molecule has 0 saturated carbocycles. The number of aromatic nitrogens is 1. The molecular weight excluding hydrogens is 483 g/mol. The molecule has 2 heterocycles. The number of rotatable bonds is 4. The number of nitriles is 1.